The minimum atomic E-state index is -0.131. The van der Waals surface area contributed by atoms with Gasteiger partial charge < -0.3 is 15.3 Å². The van der Waals surface area contributed by atoms with Crippen LogP contribution < -0.4 is 5.32 Å². The molecule has 4 heteroatoms. The maximum atomic E-state index is 12.2. The summed E-state index contributed by atoms with van der Waals surface area (Å²) in [4.78, 5) is 14.2. The molecule has 90 valence electrons. The van der Waals surface area contributed by atoms with Crippen molar-refractivity contribution in [3.8, 4) is 0 Å². The maximum absolute atomic E-state index is 12.2. The van der Waals surface area contributed by atoms with Crippen LogP contribution in [0.15, 0.2) is 0 Å². The Kier molecular flexibility index (Phi) is 2.64. The van der Waals surface area contributed by atoms with Crippen molar-refractivity contribution >= 4 is 5.91 Å². The molecule has 4 atom stereocenters. The van der Waals surface area contributed by atoms with Gasteiger partial charge in [-0.2, -0.15) is 0 Å². The number of piperidine rings is 3. The van der Waals surface area contributed by atoms with E-state index in [0.717, 1.165) is 45.4 Å². The van der Waals surface area contributed by atoms with Gasteiger partial charge in [-0.25, -0.2) is 0 Å². The molecule has 0 aromatic heterocycles. The summed E-state index contributed by atoms with van der Waals surface area (Å²) in [5, 5.41) is 13.0. The van der Waals surface area contributed by atoms with E-state index in [0.29, 0.717) is 17.7 Å². The van der Waals surface area contributed by atoms with Crippen molar-refractivity contribution in [2.75, 3.05) is 26.2 Å². The van der Waals surface area contributed by atoms with Gasteiger partial charge in [0.25, 0.3) is 0 Å². The lowest BCUT2D eigenvalue weighted by molar-refractivity contribution is -0.154. The lowest BCUT2D eigenvalue weighted by Gasteiger charge is -2.51. The highest BCUT2D eigenvalue weighted by atomic mass is 16.3. The number of aliphatic hydroxyl groups excluding tert-OH is 1. The quantitative estimate of drug-likeness (QED) is 0.650. The van der Waals surface area contributed by atoms with Crippen molar-refractivity contribution in [2.45, 2.75) is 25.4 Å². The number of nitrogens with one attached hydrogen (secondary N) is 1. The molecule has 1 aliphatic carbocycles. The van der Waals surface area contributed by atoms with E-state index in [1.807, 2.05) is 4.90 Å². The molecule has 3 saturated heterocycles. The van der Waals surface area contributed by atoms with Crippen LogP contribution in [0, 0.1) is 17.8 Å². The molecule has 0 aromatic carbocycles. The van der Waals surface area contributed by atoms with Gasteiger partial charge in [0.2, 0.25) is 5.91 Å². The Morgan fingerprint density at radius 1 is 1.31 bits per heavy atom. The normalized spacial score (nSPS) is 42.7. The number of hydrogen-bond acceptors (Lipinski definition) is 3. The van der Waals surface area contributed by atoms with Gasteiger partial charge in [-0.15, -0.1) is 0 Å². The molecular weight excluding hydrogens is 204 g/mol. The Balaban J connectivity index is 1.59. The van der Waals surface area contributed by atoms with Crippen molar-refractivity contribution in [2.24, 2.45) is 17.8 Å². The van der Waals surface area contributed by atoms with Crippen LogP contribution in [0.2, 0.25) is 0 Å². The van der Waals surface area contributed by atoms with Crippen LogP contribution in [0.4, 0.5) is 0 Å². The SMILES string of the molecule is O=C([C@H]1CCCNC1)N1C[C@H]2C[C@@H](C1)C2O. The molecule has 0 spiro atoms. The monoisotopic (exact) mass is 224 g/mol. The van der Waals surface area contributed by atoms with Crippen LogP contribution in [0.25, 0.3) is 0 Å². The van der Waals surface area contributed by atoms with E-state index < -0.39 is 0 Å². The first-order chi connectivity index (χ1) is 7.75. The highest BCUT2D eigenvalue weighted by molar-refractivity contribution is 5.79. The second-order valence-corrected chi connectivity index (χ2v) is 5.53. The van der Waals surface area contributed by atoms with Crippen molar-refractivity contribution < 1.29 is 9.90 Å². The van der Waals surface area contributed by atoms with Crippen LogP contribution in [-0.2, 0) is 4.79 Å². The summed E-state index contributed by atoms with van der Waals surface area (Å²) in [6, 6.07) is 0. The van der Waals surface area contributed by atoms with Gasteiger partial charge in [-0.05, 0) is 25.8 Å². The fourth-order valence-electron chi connectivity index (χ4n) is 3.36. The van der Waals surface area contributed by atoms with E-state index in [1.54, 1.807) is 0 Å². The summed E-state index contributed by atoms with van der Waals surface area (Å²) < 4.78 is 0. The number of rotatable bonds is 1. The average molecular weight is 224 g/mol. The number of amides is 1. The van der Waals surface area contributed by atoms with Gasteiger partial charge in [0, 0.05) is 31.5 Å². The fourth-order valence-corrected chi connectivity index (χ4v) is 3.36. The molecule has 1 unspecified atom stereocenters. The molecule has 3 heterocycles. The third-order valence-electron chi connectivity index (χ3n) is 4.44. The second kappa shape index (κ2) is 4.00. The van der Waals surface area contributed by atoms with Gasteiger partial charge >= 0.3 is 0 Å². The van der Waals surface area contributed by atoms with E-state index in [1.165, 1.54) is 0 Å². The Morgan fingerprint density at radius 2 is 2.06 bits per heavy atom. The van der Waals surface area contributed by atoms with Crippen molar-refractivity contribution in [3.05, 3.63) is 0 Å². The van der Waals surface area contributed by atoms with E-state index in [9.17, 15) is 9.90 Å². The molecule has 3 aliphatic heterocycles. The van der Waals surface area contributed by atoms with Crippen LogP contribution in [0.3, 0.4) is 0 Å². The Morgan fingerprint density at radius 3 is 2.62 bits per heavy atom. The number of fused-ring (bicyclic) bond motifs is 2. The molecule has 4 nitrogen and oxygen atoms in total. The predicted molar refractivity (Wildman–Crippen MR) is 59.8 cm³/mol. The largest absolute Gasteiger partial charge is 0.392 e. The Labute approximate surface area is 96.0 Å². The molecule has 4 aliphatic rings. The molecule has 0 radical (unpaired) electrons. The van der Waals surface area contributed by atoms with E-state index in [2.05, 4.69) is 5.32 Å². The molecule has 1 saturated carbocycles. The van der Waals surface area contributed by atoms with Crippen LogP contribution in [0.5, 0.6) is 0 Å². The zero-order valence-electron chi connectivity index (χ0n) is 9.56. The molecule has 2 N–H and O–H groups in total. The number of carbonyl (C=O) groups is 1. The molecule has 16 heavy (non-hydrogen) atoms. The predicted octanol–water partition coefficient (Wildman–Crippen LogP) is -0.175. The molecule has 4 rings (SSSR count). The average Bonchev–Trinajstić information content (AvgIpc) is 2.38. The summed E-state index contributed by atoms with van der Waals surface area (Å²) >= 11 is 0. The van der Waals surface area contributed by atoms with Crippen molar-refractivity contribution in [1.29, 1.82) is 0 Å². The Hall–Kier alpha value is -0.610. The number of aliphatic hydroxyl groups is 1. The highest BCUT2D eigenvalue weighted by Crippen LogP contribution is 2.40. The van der Waals surface area contributed by atoms with Crippen LogP contribution in [-0.4, -0.2) is 48.2 Å². The Bertz CT molecular complexity index is 277. The van der Waals surface area contributed by atoms with E-state index in [-0.39, 0.29) is 12.0 Å². The first-order valence-electron chi connectivity index (χ1n) is 6.43. The van der Waals surface area contributed by atoms with Gasteiger partial charge in [0.05, 0.1) is 12.0 Å². The van der Waals surface area contributed by atoms with Gasteiger partial charge in [0.1, 0.15) is 0 Å². The fraction of sp³-hybridized carbons (Fsp3) is 0.917. The molecule has 2 bridgehead atoms. The smallest absolute Gasteiger partial charge is 0.226 e. The zero-order valence-corrected chi connectivity index (χ0v) is 9.56. The first kappa shape index (κ1) is 10.5. The summed E-state index contributed by atoms with van der Waals surface area (Å²) in [6.07, 6.45) is 3.13. The third kappa shape index (κ3) is 1.64. The summed E-state index contributed by atoms with van der Waals surface area (Å²) in [5.41, 5.74) is 0. The lowest BCUT2D eigenvalue weighted by atomic mass is 9.68. The van der Waals surface area contributed by atoms with Crippen molar-refractivity contribution in [3.63, 3.8) is 0 Å². The molecule has 0 aromatic rings. The minimum absolute atomic E-state index is 0.131. The number of nitrogens with zero attached hydrogens (tertiary/aromatic N) is 1. The second-order valence-electron chi connectivity index (χ2n) is 5.53. The minimum Gasteiger partial charge on any atom is -0.392 e. The third-order valence-corrected chi connectivity index (χ3v) is 4.44. The summed E-state index contributed by atoms with van der Waals surface area (Å²) in [6.45, 7) is 3.46. The van der Waals surface area contributed by atoms with Gasteiger partial charge in [0.15, 0.2) is 0 Å². The summed E-state index contributed by atoms with van der Waals surface area (Å²) in [5.74, 6) is 1.22. The topological polar surface area (TPSA) is 52.6 Å². The van der Waals surface area contributed by atoms with Crippen LogP contribution >= 0.6 is 0 Å². The zero-order chi connectivity index (χ0) is 11.1. The molecule has 4 fully saturated rings. The van der Waals surface area contributed by atoms with E-state index in [4.69, 9.17) is 0 Å². The molecular formula is C12H20N2O2. The molecule has 1 amide bonds. The first-order valence-corrected chi connectivity index (χ1v) is 6.43. The van der Waals surface area contributed by atoms with Gasteiger partial charge in [-0.1, -0.05) is 0 Å². The summed E-state index contributed by atoms with van der Waals surface area (Å²) in [7, 11) is 0. The van der Waals surface area contributed by atoms with Gasteiger partial charge in [-0.3, -0.25) is 4.79 Å². The maximum Gasteiger partial charge on any atom is 0.226 e. The van der Waals surface area contributed by atoms with Crippen LogP contribution in [0.1, 0.15) is 19.3 Å². The number of hydrogen-bond donors (Lipinski definition) is 2. The standard InChI is InChI=1S/C12H20N2O2/c15-11-9-4-10(11)7-14(6-9)12(16)8-2-1-3-13-5-8/h8-11,13,15H,1-7H2/t8-,9-,10+,11?/m0/s1. The number of carbonyl (C=O) groups excluding carboxylic acids is 1. The van der Waals surface area contributed by atoms with Crippen molar-refractivity contribution in [1.82, 2.24) is 10.2 Å². The lowest BCUT2D eigenvalue weighted by Crippen LogP contribution is -2.61. The highest BCUT2D eigenvalue weighted by Gasteiger charge is 2.47. The van der Waals surface area contributed by atoms with E-state index >= 15 is 0 Å².